The highest BCUT2D eigenvalue weighted by atomic mass is 16.2. The fourth-order valence-electron chi connectivity index (χ4n) is 2.49. The standard InChI is InChI=1S/C18H26N4O/c1-3-5-11-22-12-10-20-17(22)14-8-6-9-15(13-14)21-18(23)16(19)7-4-2/h6,8-10,12-13,16H,3-5,7,11,19H2,1-2H3,(H,21,23). The second-order valence-electron chi connectivity index (χ2n) is 5.76. The van der Waals surface area contributed by atoms with Gasteiger partial charge < -0.3 is 15.6 Å². The third-order valence-corrected chi connectivity index (χ3v) is 3.79. The lowest BCUT2D eigenvalue weighted by Gasteiger charge is -2.12. The van der Waals surface area contributed by atoms with Gasteiger partial charge in [0.15, 0.2) is 0 Å². The SMILES string of the molecule is CCCCn1ccnc1-c1cccc(NC(=O)C(N)CCC)c1. The first kappa shape index (κ1) is 17.2. The van der Waals surface area contributed by atoms with Crippen LogP contribution in [-0.4, -0.2) is 21.5 Å². The summed E-state index contributed by atoms with van der Waals surface area (Å²) in [7, 11) is 0. The lowest BCUT2D eigenvalue weighted by atomic mass is 10.1. The second-order valence-corrected chi connectivity index (χ2v) is 5.76. The number of carbonyl (C=O) groups is 1. The number of imidazole rings is 1. The molecule has 5 heteroatoms. The van der Waals surface area contributed by atoms with Crippen LogP contribution in [0.2, 0.25) is 0 Å². The maximum absolute atomic E-state index is 12.1. The Bertz CT molecular complexity index is 635. The highest BCUT2D eigenvalue weighted by molar-refractivity contribution is 5.95. The van der Waals surface area contributed by atoms with Crippen LogP contribution < -0.4 is 11.1 Å². The largest absolute Gasteiger partial charge is 0.331 e. The minimum absolute atomic E-state index is 0.140. The Morgan fingerprint density at radius 2 is 2.17 bits per heavy atom. The van der Waals surface area contributed by atoms with Crippen LogP contribution >= 0.6 is 0 Å². The molecule has 0 bridgehead atoms. The quantitative estimate of drug-likeness (QED) is 0.784. The molecule has 0 saturated carbocycles. The van der Waals surface area contributed by atoms with Gasteiger partial charge in [-0.25, -0.2) is 4.98 Å². The van der Waals surface area contributed by atoms with Crippen LogP contribution in [0.15, 0.2) is 36.7 Å². The summed E-state index contributed by atoms with van der Waals surface area (Å²) in [5, 5.41) is 2.89. The molecular weight excluding hydrogens is 288 g/mol. The number of carbonyl (C=O) groups excluding carboxylic acids is 1. The molecule has 1 atom stereocenters. The Kier molecular flexibility index (Phi) is 6.35. The fraction of sp³-hybridized carbons (Fsp3) is 0.444. The summed E-state index contributed by atoms with van der Waals surface area (Å²) >= 11 is 0. The van der Waals surface area contributed by atoms with Crippen LogP contribution in [0.5, 0.6) is 0 Å². The molecule has 1 unspecified atom stereocenters. The van der Waals surface area contributed by atoms with Crippen molar-refractivity contribution >= 4 is 11.6 Å². The monoisotopic (exact) mass is 314 g/mol. The van der Waals surface area contributed by atoms with Crippen molar-refractivity contribution in [3.63, 3.8) is 0 Å². The van der Waals surface area contributed by atoms with Crippen LogP contribution in [0, 0.1) is 0 Å². The van der Waals surface area contributed by atoms with E-state index in [-0.39, 0.29) is 5.91 Å². The predicted octanol–water partition coefficient (Wildman–Crippen LogP) is 3.42. The Balaban J connectivity index is 2.14. The summed E-state index contributed by atoms with van der Waals surface area (Å²) in [6.07, 6.45) is 7.64. The molecule has 0 spiro atoms. The first-order valence-corrected chi connectivity index (χ1v) is 8.33. The number of nitrogens with two attached hydrogens (primary N) is 1. The van der Waals surface area contributed by atoms with Crippen LogP contribution in [-0.2, 0) is 11.3 Å². The van der Waals surface area contributed by atoms with E-state index in [9.17, 15) is 4.79 Å². The number of nitrogens with zero attached hydrogens (tertiary/aromatic N) is 2. The molecule has 0 fully saturated rings. The average molecular weight is 314 g/mol. The van der Waals surface area contributed by atoms with Crippen LogP contribution in [0.3, 0.4) is 0 Å². The molecule has 1 amide bonds. The Morgan fingerprint density at radius 1 is 1.35 bits per heavy atom. The molecule has 1 aromatic heterocycles. The molecular formula is C18H26N4O. The molecule has 23 heavy (non-hydrogen) atoms. The van der Waals surface area contributed by atoms with Gasteiger partial charge in [0.25, 0.3) is 0 Å². The van der Waals surface area contributed by atoms with Crippen molar-refractivity contribution in [1.82, 2.24) is 9.55 Å². The molecule has 1 aromatic carbocycles. The minimum atomic E-state index is -0.463. The molecule has 5 nitrogen and oxygen atoms in total. The van der Waals surface area contributed by atoms with Crippen molar-refractivity contribution in [2.75, 3.05) is 5.32 Å². The number of nitrogens with one attached hydrogen (secondary N) is 1. The van der Waals surface area contributed by atoms with Gasteiger partial charge in [-0.05, 0) is 25.0 Å². The maximum Gasteiger partial charge on any atom is 0.241 e. The van der Waals surface area contributed by atoms with Gasteiger partial charge in [0.2, 0.25) is 5.91 Å². The lowest BCUT2D eigenvalue weighted by Crippen LogP contribution is -2.35. The maximum atomic E-state index is 12.1. The van der Waals surface area contributed by atoms with Gasteiger partial charge in [0.05, 0.1) is 6.04 Å². The number of aryl methyl sites for hydroxylation is 1. The number of anilines is 1. The summed E-state index contributed by atoms with van der Waals surface area (Å²) in [6, 6.07) is 7.29. The number of rotatable bonds is 8. The zero-order chi connectivity index (χ0) is 16.7. The highest BCUT2D eigenvalue weighted by Gasteiger charge is 2.13. The Labute approximate surface area is 137 Å². The zero-order valence-corrected chi connectivity index (χ0v) is 14.0. The molecule has 2 rings (SSSR count). The van der Waals surface area contributed by atoms with E-state index < -0.39 is 6.04 Å². The number of amides is 1. The van der Waals surface area contributed by atoms with Gasteiger partial charge in [-0.2, -0.15) is 0 Å². The summed E-state index contributed by atoms with van der Waals surface area (Å²) in [5.74, 6) is 0.783. The number of hydrogen-bond donors (Lipinski definition) is 2. The van der Waals surface area contributed by atoms with Crippen LogP contribution in [0.1, 0.15) is 39.5 Å². The van der Waals surface area contributed by atoms with Crippen molar-refractivity contribution < 1.29 is 4.79 Å². The van der Waals surface area contributed by atoms with Crippen molar-refractivity contribution in [2.24, 2.45) is 5.73 Å². The van der Waals surface area contributed by atoms with Crippen molar-refractivity contribution in [2.45, 2.75) is 52.1 Å². The first-order valence-electron chi connectivity index (χ1n) is 8.33. The summed E-state index contributed by atoms with van der Waals surface area (Å²) < 4.78 is 2.15. The van der Waals surface area contributed by atoms with E-state index in [2.05, 4.69) is 21.8 Å². The molecule has 3 N–H and O–H groups in total. The van der Waals surface area contributed by atoms with Gasteiger partial charge in [-0.1, -0.05) is 38.8 Å². The second kappa shape index (κ2) is 8.48. The molecule has 0 saturated heterocycles. The fourth-order valence-corrected chi connectivity index (χ4v) is 2.49. The van der Waals surface area contributed by atoms with Crippen molar-refractivity contribution in [3.8, 4) is 11.4 Å². The predicted molar refractivity (Wildman–Crippen MR) is 94.1 cm³/mol. The van der Waals surface area contributed by atoms with Gasteiger partial charge >= 0.3 is 0 Å². The zero-order valence-electron chi connectivity index (χ0n) is 14.0. The van der Waals surface area contributed by atoms with E-state index in [1.165, 1.54) is 0 Å². The van der Waals surface area contributed by atoms with E-state index in [1.807, 2.05) is 43.6 Å². The average Bonchev–Trinajstić information content (AvgIpc) is 3.01. The molecule has 0 aliphatic carbocycles. The molecule has 2 aromatic rings. The number of aromatic nitrogens is 2. The Hall–Kier alpha value is -2.14. The molecule has 1 heterocycles. The van der Waals surface area contributed by atoms with E-state index in [0.717, 1.165) is 42.9 Å². The number of unbranched alkanes of at least 4 members (excludes halogenated alkanes) is 1. The van der Waals surface area contributed by atoms with Crippen molar-refractivity contribution in [3.05, 3.63) is 36.7 Å². The van der Waals surface area contributed by atoms with Gasteiger partial charge in [-0.15, -0.1) is 0 Å². The lowest BCUT2D eigenvalue weighted by molar-refractivity contribution is -0.117. The third kappa shape index (κ3) is 4.66. The normalized spacial score (nSPS) is 12.1. The highest BCUT2D eigenvalue weighted by Crippen LogP contribution is 2.22. The van der Waals surface area contributed by atoms with Crippen molar-refractivity contribution in [1.29, 1.82) is 0 Å². The van der Waals surface area contributed by atoms with Gasteiger partial charge in [0, 0.05) is 30.2 Å². The third-order valence-electron chi connectivity index (χ3n) is 3.79. The Morgan fingerprint density at radius 3 is 2.91 bits per heavy atom. The van der Waals surface area contributed by atoms with E-state index in [0.29, 0.717) is 6.42 Å². The molecule has 124 valence electrons. The van der Waals surface area contributed by atoms with E-state index >= 15 is 0 Å². The minimum Gasteiger partial charge on any atom is -0.331 e. The number of benzene rings is 1. The van der Waals surface area contributed by atoms with Crippen LogP contribution in [0.25, 0.3) is 11.4 Å². The smallest absolute Gasteiger partial charge is 0.241 e. The molecule has 0 aliphatic heterocycles. The first-order chi connectivity index (χ1) is 11.2. The van der Waals surface area contributed by atoms with Gasteiger partial charge in [-0.3, -0.25) is 4.79 Å². The summed E-state index contributed by atoms with van der Waals surface area (Å²) in [5.41, 5.74) is 7.61. The number of hydrogen-bond acceptors (Lipinski definition) is 3. The summed E-state index contributed by atoms with van der Waals surface area (Å²) in [6.45, 7) is 5.14. The molecule has 0 radical (unpaired) electrons. The summed E-state index contributed by atoms with van der Waals surface area (Å²) in [4.78, 5) is 16.5. The van der Waals surface area contributed by atoms with Gasteiger partial charge in [0.1, 0.15) is 5.82 Å². The van der Waals surface area contributed by atoms with E-state index in [1.54, 1.807) is 0 Å². The van der Waals surface area contributed by atoms with Crippen LogP contribution in [0.4, 0.5) is 5.69 Å². The topological polar surface area (TPSA) is 72.9 Å². The van der Waals surface area contributed by atoms with E-state index in [4.69, 9.17) is 5.73 Å². The molecule has 0 aliphatic rings.